The van der Waals surface area contributed by atoms with E-state index in [0.29, 0.717) is 24.2 Å². The predicted molar refractivity (Wildman–Crippen MR) is 101 cm³/mol. The molecular weight excluding hydrogens is 338 g/mol. The quantitative estimate of drug-likeness (QED) is 0.788. The molecule has 0 unspecified atom stereocenters. The summed E-state index contributed by atoms with van der Waals surface area (Å²) in [6.07, 6.45) is 1.52. The summed E-state index contributed by atoms with van der Waals surface area (Å²) in [5.74, 6) is -0.411. The minimum absolute atomic E-state index is 0.205. The average Bonchev–Trinajstić information content (AvgIpc) is 2.98. The Balaban J connectivity index is 1.38. The van der Waals surface area contributed by atoms with E-state index in [9.17, 15) is 14.9 Å². The van der Waals surface area contributed by atoms with Crippen LogP contribution in [0.25, 0.3) is 0 Å². The van der Waals surface area contributed by atoms with Crippen LogP contribution in [-0.4, -0.2) is 47.8 Å². The number of fused-ring (bicyclic) bond motifs is 1. The number of hydrogen-bond donors (Lipinski definition) is 0. The number of rotatable bonds is 4. The largest absolute Gasteiger partial charge is 0.301 e. The highest BCUT2D eigenvalue weighted by molar-refractivity contribution is 6.21. The highest BCUT2D eigenvalue weighted by atomic mass is 16.2. The number of imide groups is 1. The zero-order valence-corrected chi connectivity index (χ0v) is 15.1. The van der Waals surface area contributed by atoms with Gasteiger partial charge in [-0.25, -0.2) is 0 Å². The van der Waals surface area contributed by atoms with Crippen molar-refractivity contribution in [2.45, 2.75) is 18.3 Å². The summed E-state index contributed by atoms with van der Waals surface area (Å²) in [6, 6.07) is 19.5. The minimum Gasteiger partial charge on any atom is -0.301 e. The number of nitriles is 1. The summed E-state index contributed by atoms with van der Waals surface area (Å²) >= 11 is 0. The fourth-order valence-corrected chi connectivity index (χ4v) is 4.06. The molecule has 0 aliphatic carbocycles. The normalized spacial score (nSPS) is 19.0. The number of piperidine rings is 1. The standard InChI is InChI=1S/C22H21N3O2/c23-16-22(17-6-2-1-3-7-17)10-12-24(13-11-22)14-15-25-20(26)18-8-4-5-9-19(18)21(25)27/h1-9H,10-15H2. The van der Waals surface area contributed by atoms with Gasteiger partial charge in [0.15, 0.2) is 0 Å². The summed E-state index contributed by atoms with van der Waals surface area (Å²) in [4.78, 5) is 28.5. The Morgan fingerprint density at radius 3 is 1.96 bits per heavy atom. The van der Waals surface area contributed by atoms with Crippen LogP contribution < -0.4 is 0 Å². The lowest BCUT2D eigenvalue weighted by molar-refractivity contribution is 0.0626. The van der Waals surface area contributed by atoms with Gasteiger partial charge in [-0.05, 0) is 30.5 Å². The molecule has 5 heteroatoms. The van der Waals surface area contributed by atoms with Gasteiger partial charge in [0.25, 0.3) is 11.8 Å². The summed E-state index contributed by atoms with van der Waals surface area (Å²) in [6.45, 7) is 2.59. The molecule has 0 radical (unpaired) electrons. The van der Waals surface area contributed by atoms with Crippen LogP contribution in [0.1, 0.15) is 39.1 Å². The van der Waals surface area contributed by atoms with Crippen molar-refractivity contribution in [3.05, 3.63) is 71.3 Å². The van der Waals surface area contributed by atoms with Crippen LogP contribution in [0.4, 0.5) is 0 Å². The SMILES string of the molecule is N#CC1(c2ccccc2)CCN(CCN2C(=O)c3ccccc3C2=O)CC1. The van der Waals surface area contributed by atoms with Crippen molar-refractivity contribution in [2.75, 3.05) is 26.2 Å². The predicted octanol–water partition coefficient (Wildman–Crippen LogP) is 2.84. The first kappa shape index (κ1) is 17.4. The molecule has 0 atom stereocenters. The second-order valence-corrected chi connectivity index (χ2v) is 7.21. The van der Waals surface area contributed by atoms with Gasteiger partial charge in [-0.1, -0.05) is 42.5 Å². The molecule has 27 heavy (non-hydrogen) atoms. The van der Waals surface area contributed by atoms with E-state index in [1.807, 2.05) is 30.3 Å². The third kappa shape index (κ3) is 3.02. The van der Waals surface area contributed by atoms with Gasteiger partial charge in [-0.15, -0.1) is 0 Å². The number of carbonyl (C=O) groups is 2. The maximum absolute atomic E-state index is 12.5. The molecule has 2 aromatic carbocycles. The molecule has 0 saturated carbocycles. The molecule has 2 heterocycles. The fraction of sp³-hybridized carbons (Fsp3) is 0.318. The molecule has 2 amide bonds. The minimum atomic E-state index is -0.437. The zero-order valence-electron chi connectivity index (χ0n) is 15.1. The van der Waals surface area contributed by atoms with Crippen LogP contribution in [0.15, 0.2) is 54.6 Å². The molecular formula is C22H21N3O2. The number of likely N-dealkylation sites (tertiary alicyclic amines) is 1. The molecule has 0 N–H and O–H groups in total. The number of amides is 2. The van der Waals surface area contributed by atoms with Crippen LogP contribution in [0.5, 0.6) is 0 Å². The van der Waals surface area contributed by atoms with Crippen molar-refractivity contribution >= 4 is 11.8 Å². The molecule has 1 fully saturated rings. The van der Waals surface area contributed by atoms with E-state index >= 15 is 0 Å². The van der Waals surface area contributed by atoms with Gasteiger partial charge < -0.3 is 4.90 Å². The molecule has 0 spiro atoms. The third-order valence-corrected chi connectivity index (χ3v) is 5.77. The van der Waals surface area contributed by atoms with E-state index in [-0.39, 0.29) is 11.8 Å². The van der Waals surface area contributed by atoms with Crippen molar-refractivity contribution in [3.63, 3.8) is 0 Å². The van der Waals surface area contributed by atoms with Crippen LogP contribution in [0.3, 0.4) is 0 Å². The van der Waals surface area contributed by atoms with Crippen molar-refractivity contribution in [1.82, 2.24) is 9.80 Å². The number of benzene rings is 2. The van der Waals surface area contributed by atoms with Crippen molar-refractivity contribution < 1.29 is 9.59 Å². The smallest absolute Gasteiger partial charge is 0.261 e. The van der Waals surface area contributed by atoms with Crippen molar-refractivity contribution in [3.8, 4) is 6.07 Å². The fourth-order valence-electron chi connectivity index (χ4n) is 4.06. The molecule has 0 bridgehead atoms. The summed E-state index contributed by atoms with van der Waals surface area (Å²) in [5.41, 5.74) is 1.63. The van der Waals surface area contributed by atoms with E-state index in [4.69, 9.17) is 0 Å². The highest BCUT2D eigenvalue weighted by Crippen LogP contribution is 2.34. The molecule has 1 saturated heterocycles. The summed E-state index contributed by atoms with van der Waals surface area (Å²) in [5, 5.41) is 9.79. The van der Waals surface area contributed by atoms with Gasteiger partial charge in [0.1, 0.15) is 0 Å². The highest BCUT2D eigenvalue weighted by Gasteiger charge is 2.38. The Morgan fingerprint density at radius 2 is 1.41 bits per heavy atom. The van der Waals surface area contributed by atoms with Gasteiger partial charge in [0, 0.05) is 26.2 Å². The maximum atomic E-state index is 12.5. The lowest BCUT2D eigenvalue weighted by Crippen LogP contribution is -2.45. The third-order valence-electron chi connectivity index (χ3n) is 5.77. The summed E-state index contributed by atoms with van der Waals surface area (Å²) in [7, 11) is 0. The number of hydrogen-bond acceptors (Lipinski definition) is 4. The number of nitrogens with zero attached hydrogens (tertiary/aromatic N) is 3. The Morgan fingerprint density at radius 1 is 0.852 bits per heavy atom. The Kier molecular flexibility index (Phi) is 4.51. The Bertz CT molecular complexity index is 874. The van der Waals surface area contributed by atoms with E-state index in [1.165, 1.54) is 4.90 Å². The molecule has 2 aliphatic rings. The summed E-state index contributed by atoms with van der Waals surface area (Å²) < 4.78 is 0. The molecule has 5 nitrogen and oxygen atoms in total. The average molecular weight is 359 g/mol. The van der Waals surface area contributed by atoms with Crippen LogP contribution in [-0.2, 0) is 5.41 Å². The van der Waals surface area contributed by atoms with E-state index in [1.54, 1.807) is 24.3 Å². The molecule has 4 rings (SSSR count). The van der Waals surface area contributed by atoms with Gasteiger partial charge in [0.2, 0.25) is 0 Å². The number of carbonyl (C=O) groups excluding carboxylic acids is 2. The van der Waals surface area contributed by atoms with Crippen LogP contribution in [0, 0.1) is 11.3 Å². The second kappa shape index (κ2) is 6.98. The van der Waals surface area contributed by atoms with Gasteiger partial charge in [0.05, 0.1) is 22.6 Å². The van der Waals surface area contributed by atoms with Gasteiger partial charge >= 0.3 is 0 Å². The first-order valence-electron chi connectivity index (χ1n) is 9.29. The Labute approximate surface area is 158 Å². The molecule has 2 aliphatic heterocycles. The van der Waals surface area contributed by atoms with E-state index < -0.39 is 5.41 Å². The lowest BCUT2D eigenvalue weighted by Gasteiger charge is -2.38. The van der Waals surface area contributed by atoms with Crippen LogP contribution in [0.2, 0.25) is 0 Å². The maximum Gasteiger partial charge on any atom is 0.261 e. The molecule has 2 aromatic rings. The molecule has 136 valence electrons. The second-order valence-electron chi connectivity index (χ2n) is 7.21. The lowest BCUT2D eigenvalue weighted by atomic mass is 9.74. The van der Waals surface area contributed by atoms with Crippen molar-refractivity contribution in [2.24, 2.45) is 0 Å². The van der Waals surface area contributed by atoms with Crippen molar-refractivity contribution in [1.29, 1.82) is 5.26 Å². The zero-order chi connectivity index (χ0) is 18.9. The monoisotopic (exact) mass is 359 g/mol. The van der Waals surface area contributed by atoms with E-state index in [2.05, 4.69) is 11.0 Å². The van der Waals surface area contributed by atoms with Crippen LogP contribution >= 0.6 is 0 Å². The first-order chi connectivity index (χ1) is 13.1. The molecule has 0 aromatic heterocycles. The Hall–Kier alpha value is -2.97. The first-order valence-corrected chi connectivity index (χ1v) is 9.29. The topological polar surface area (TPSA) is 64.4 Å². The van der Waals surface area contributed by atoms with Gasteiger partial charge in [-0.2, -0.15) is 5.26 Å². The van der Waals surface area contributed by atoms with E-state index in [0.717, 1.165) is 31.5 Å². The van der Waals surface area contributed by atoms with Gasteiger partial charge in [-0.3, -0.25) is 14.5 Å².